The molecule has 0 bridgehead atoms. The first-order valence-electron chi connectivity index (χ1n) is 7.90. The SMILES string of the molecule is COc1cnc(-c2ccc(F)c(C)c2)c(-c2ccc3[nH]ncc3c2)c1. The van der Waals surface area contributed by atoms with Gasteiger partial charge in [-0.15, -0.1) is 0 Å². The molecule has 1 N–H and O–H groups in total. The van der Waals surface area contributed by atoms with Crippen LogP contribution in [0.1, 0.15) is 5.56 Å². The maximum Gasteiger partial charge on any atom is 0.137 e. The van der Waals surface area contributed by atoms with E-state index in [1.807, 2.05) is 24.3 Å². The third-order valence-electron chi connectivity index (χ3n) is 4.28. The first kappa shape index (κ1) is 15.3. The minimum Gasteiger partial charge on any atom is -0.495 e. The number of hydrogen-bond donors (Lipinski definition) is 1. The number of nitrogens with one attached hydrogen (secondary N) is 1. The third kappa shape index (κ3) is 2.74. The Hall–Kier alpha value is -3.21. The van der Waals surface area contributed by atoms with Crippen LogP contribution in [-0.4, -0.2) is 22.3 Å². The molecular weight excluding hydrogens is 317 g/mol. The first-order chi connectivity index (χ1) is 12.2. The lowest BCUT2D eigenvalue weighted by molar-refractivity contribution is 0.413. The fourth-order valence-electron chi connectivity index (χ4n) is 2.91. The summed E-state index contributed by atoms with van der Waals surface area (Å²) in [5, 5.41) is 8.03. The van der Waals surface area contributed by atoms with Crippen molar-refractivity contribution in [2.75, 3.05) is 7.11 Å². The van der Waals surface area contributed by atoms with Crippen molar-refractivity contribution in [2.45, 2.75) is 6.92 Å². The summed E-state index contributed by atoms with van der Waals surface area (Å²) in [6.07, 6.45) is 3.46. The third-order valence-corrected chi connectivity index (χ3v) is 4.28. The number of H-pyrrole nitrogens is 1. The van der Waals surface area contributed by atoms with Crippen molar-refractivity contribution in [1.29, 1.82) is 0 Å². The summed E-state index contributed by atoms with van der Waals surface area (Å²) < 4.78 is 19.0. The number of fused-ring (bicyclic) bond motifs is 1. The summed E-state index contributed by atoms with van der Waals surface area (Å²) in [6, 6.07) is 13.0. The smallest absolute Gasteiger partial charge is 0.137 e. The molecule has 0 saturated heterocycles. The maximum atomic E-state index is 13.6. The van der Waals surface area contributed by atoms with E-state index in [4.69, 9.17) is 4.74 Å². The van der Waals surface area contributed by atoms with Gasteiger partial charge in [-0.05, 0) is 54.4 Å². The van der Waals surface area contributed by atoms with Crippen molar-refractivity contribution in [3.05, 3.63) is 66.2 Å². The zero-order chi connectivity index (χ0) is 17.4. The Morgan fingerprint density at radius 2 is 1.84 bits per heavy atom. The average Bonchev–Trinajstić information content (AvgIpc) is 3.11. The van der Waals surface area contributed by atoms with Gasteiger partial charge in [0.2, 0.25) is 0 Å². The fourth-order valence-corrected chi connectivity index (χ4v) is 2.91. The molecule has 4 aromatic rings. The van der Waals surface area contributed by atoms with Gasteiger partial charge < -0.3 is 4.74 Å². The van der Waals surface area contributed by atoms with Crippen LogP contribution in [0, 0.1) is 12.7 Å². The molecule has 2 aromatic carbocycles. The van der Waals surface area contributed by atoms with Crippen molar-refractivity contribution in [2.24, 2.45) is 0 Å². The average molecular weight is 333 g/mol. The molecule has 0 radical (unpaired) electrons. The topological polar surface area (TPSA) is 50.8 Å². The number of aromatic nitrogens is 3. The maximum absolute atomic E-state index is 13.6. The van der Waals surface area contributed by atoms with Gasteiger partial charge in [0.25, 0.3) is 0 Å². The molecule has 2 aromatic heterocycles. The van der Waals surface area contributed by atoms with Crippen molar-refractivity contribution in [3.63, 3.8) is 0 Å². The molecule has 0 amide bonds. The Bertz CT molecular complexity index is 1070. The number of rotatable bonds is 3. The number of methoxy groups -OCH3 is 1. The minimum absolute atomic E-state index is 0.223. The Kier molecular flexibility index (Phi) is 3.69. The molecule has 0 saturated carbocycles. The highest BCUT2D eigenvalue weighted by atomic mass is 19.1. The van der Waals surface area contributed by atoms with Crippen molar-refractivity contribution in [1.82, 2.24) is 15.2 Å². The fraction of sp³-hybridized carbons (Fsp3) is 0.100. The molecule has 0 fully saturated rings. The second-order valence-electron chi connectivity index (χ2n) is 5.91. The molecule has 0 aliphatic carbocycles. The monoisotopic (exact) mass is 333 g/mol. The predicted molar refractivity (Wildman–Crippen MR) is 96.0 cm³/mol. The molecule has 2 heterocycles. The molecule has 0 atom stereocenters. The molecule has 4 nitrogen and oxygen atoms in total. The highest BCUT2D eigenvalue weighted by Crippen LogP contribution is 2.34. The second-order valence-corrected chi connectivity index (χ2v) is 5.91. The quantitative estimate of drug-likeness (QED) is 0.589. The lowest BCUT2D eigenvalue weighted by atomic mass is 9.97. The van der Waals surface area contributed by atoms with E-state index in [1.54, 1.807) is 32.5 Å². The van der Waals surface area contributed by atoms with E-state index in [9.17, 15) is 4.39 Å². The largest absolute Gasteiger partial charge is 0.495 e. The number of nitrogens with zero attached hydrogens (tertiary/aromatic N) is 2. The molecular formula is C20H16FN3O. The highest BCUT2D eigenvalue weighted by molar-refractivity contribution is 5.88. The lowest BCUT2D eigenvalue weighted by Crippen LogP contribution is -1.93. The normalized spacial score (nSPS) is 11.0. The summed E-state index contributed by atoms with van der Waals surface area (Å²) in [5.41, 5.74) is 5.13. The number of aromatic amines is 1. The first-order valence-corrected chi connectivity index (χ1v) is 7.90. The molecule has 25 heavy (non-hydrogen) atoms. The summed E-state index contributed by atoms with van der Waals surface area (Å²) in [7, 11) is 1.61. The zero-order valence-electron chi connectivity index (χ0n) is 13.9. The van der Waals surface area contributed by atoms with Gasteiger partial charge in [0, 0.05) is 16.5 Å². The van der Waals surface area contributed by atoms with Crippen LogP contribution in [0.4, 0.5) is 4.39 Å². The van der Waals surface area contributed by atoms with E-state index >= 15 is 0 Å². The van der Waals surface area contributed by atoms with Crippen LogP contribution in [0.25, 0.3) is 33.3 Å². The number of pyridine rings is 1. The van der Waals surface area contributed by atoms with E-state index in [1.165, 1.54) is 6.07 Å². The van der Waals surface area contributed by atoms with Crippen molar-refractivity contribution < 1.29 is 9.13 Å². The van der Waals surface area contributed by atoms with Gasteiger partial charge in [-0.3, -0.25) is 10.1 Å². The standard InChI is InChI=1S/C20H16FN3O/c1-12-7-14(3-5-18(12)21)20-17(9-16(25-2)11-22-20)13-4-6-19-15(8-13)10-23-24-19/h3-11H,1-2H3,(H,23,24). The Morgan fingerprint density at radius 3 is 2.64 bits per heavy atom. The molecule has 0 spiro atoms. The van der Waals surface area contributed by atoms with Gasteiger partial charge in [0.15, 0.2) is 0 Å². The lowest BCUT2D eigenvalue weighted by Gasteiger charge is -2.12. The van der Waals surface area contributed by atoms with Crippen molar-refractivity contribution in [3.8, 4) is 28.1 Å². The van der Waals surface area contributed by atoms with Crippen LogP contribution in [0.15, 0.2) is 54.9 Å². The second kappa shape index (κ2) is 6.02. The van der Waals surface area contributed by atoms with Crippen LogP contribution >= 0.6 is 0 Å². The number of aryl methyl sites for hydroxylation is 1. The Balaban J connectivity index is 1.93. The van der Waals surface area contributed by atoms with Gasteiger partial charge in [-0.1, -0.05) is 6.07 Å². The molecule has 4 rings (SSSR count). The summed E-state index contributed by atoms with van der Waals surface area (Å²) in [5.74, 6) is 0.448. The van der Waals surface area contributed by atoms with E-state index in [0.717, 1.165) is 33.3 Å². The van der Waals surface area contributed by atoms with Gasteiger partial charge >= 0.3 is 0 Å². The van der Waals surface area contributed by atoms with E-state index in [-0.39, 0.29) is 5.82 Å². The van der Waals surface area contributed by atoms with Crippen molar-refractivity contribution >= 4 is 10.9 Å². The number of halogens is 1. The Labute approximate surface area is 144 Å². The van der Waals surface area contributed by atoms with Gasteiger partial charge in [-0.25, -0.2) is 4.39 Å². The number of ether oxygens (including phenoxy) is 1. The van der Waals surface area contributed by atoms with Crippen LogP contribution in [0.3, 0.4) is 0 Å². The van der Waals surface area contributed by atoms with E-state index in [0.29, 0.717) is 11.3 Å². The van der Waals surface area contributed by atoms with Gasteiger partial charge in [-0.2, -0.15) is 5.10 Å². The summed E-state index contributed by atoms with van der Waals surface area (Å²) in [6.45, 7) is 1.75. The summed E-state index contributed by atoms with van der Waals surface area (Å²) in [4.78, 5) is 4.56. The number of benzene rings is 2. The molecule has 0 aliphatic rings. The van der Waals surface area contributed by atoms with Crippen LogP contribution in [0.2, 0.25) is 0 Å². The molecule has 0 unspecified atom stereocenters. The zero-order valence-corrected chi connectivity index (χ0v) is 13.9. The van der Waals surface area contributed by atoms with E-state index < -0.39 is 0 Å². The molecule has 124 valence electrons. The van der Waals surface area contributed by atoms with Gasteiger partial charge in [0.1, 0.15) is 11.6 Å². The minimum atomic E-state index is -0.223. The molecule has 0 aliphatic heterocycles. The van der Waals surface area contributed by atoms with Crippen LogP contribution in [-0.2, 0) is 0 Å². The predicted octanol–water partition coefficient (Wildman–Crippen LogP) is 4.75. The molecule has 5 heteroatoms. The number of hydrogen-bond acceptors (Lipinski definition) is 3. The van der Waals surface area contributed by atoms with E-state index in [2.05, 4.69) is 21.2 Å². The summed E-state index contributed by atoms with van der Waals surface area (Å²) >= 11 is 0. The van der Waals surface area contributed by atoms with Crippen LogP contribution in [0.5, 0.6) is 5.75 Å². The highest BCUT2D eigenvalue weighted by Gasteiger charge is 2.13. The Morgan fingerprint density at radius 1 is 1.00 bits per heavy atom. The van der Waals surface area contributed by atoms with Crippen LogP contribution < -0.4 is 4.74 Å². The van der Waals surface area contributed by atoms with Gasteiger partial charge in [0.05, 0.1) is 30.7 Å².